The van der Waals surface area contributed by atoms with Crippen molar-refractivity contribution in [1.29, 1.82) is 0 Å². The van der Waals surface area contributed by atoms with Gasteiger partial charge in [0, 0.05) is 25.8 Å². The molecule has 0 unspecified atom stereocenters. The molecule has 0 spiro atoms. The Bertz CT molecular complexity index is 505. The summed E-state index contributed by atoms with van der Waals surface area (Å²) in [5, 5.41) is 12.0. The number of rotatable bonds is 15. The van der Waals surface area contributed by atoms with Crippen molar-refractivity contribution in [1.82, 2.24) is 5.32 Å². The number of carbonyl (C=O) groups excluding carboxylic acids is 1. The van der Waals surface area contributed by atoms with Crippen molar-refractivity contribution in [2.45, 2.75) is 12.8 Å². The molecule has 0 bridgehead atoms. The number of ether oxygens (including phenoxy) is 3. The molecule has 4 N–H and O–H groups in total. The first-order valence-electron chi connectivity index (χ1n) is 8.90. The van der Waals surface area contributed by atoms with Crippen molar-refractivity contribution in [2.75, 3.05) is 52.7 Å². The summed E-state index contributed by atoms with van der Waals surface area (Å²) in [4.78, 5) is 11.7. The van der Waals surface area contributed by atoms with Crippen LogP contribution < -0.4 is 11.1 Å². The van der Waals surface area contributed by atoms with Crippen LogP contribution in [0, 0.1) is 0 Å². The lowest BCUT2D eigenvalue weighted by Gasteiger charge is -2.07. The molecule has 26 heavy (non-hydrogen) atoms. The van der Waals surface area contributed by atoms with E-state index in [-0.39, 0.29) is 11.7 Å². The van der Waals surface area contributed by atoms with Gasteiger partial charge in [0.15, 0.2) is 0 Å². The number of amides is 1. The molecular formula is C19H30N2O5. The van der Waals surface area contributed by atoms with Gasteiger partial charge in [0.25, 0.3) is 0 Å². The Balaban J connectivity index is 1.89. The van der Waals surface area contributed by atoms with Gasteiger partial charge in [0.2, 0.25) is 5.91 Å². The molecule has 0 aliphatic rings. The lowest BCUT2D eigenvalue weighted by molar-refractivity contribution is -0.116. The number of carbonyl (C=O) groups is 1. The molecule has 7 nitrogen and oxygen atoms in total. The summed E-state index contributed by atoms with van der Waals surface area (Å²) >= 11 is 0. The van der Waals surface area contributed by atoms with Gasteiger partial charge in [-0.1, -0.05) is 12.1 Å². The summed E-state index contributed by atoms with van der Waals surface area (Å²) in [6, 6.07) is 6.63. The summed E-state index contributed by atoms with van der Waals surface area (Å²) in [5.41, 5.74) is 6.21. The molecule has 0 atom stereocenters. The molecule has 146 valence electrons. The topological polar surface area (TPSA) is 103 Å². The van der Waals surface area contributed by atoms with Gasteiger partial charge in [-0.3, -0.25) is 4.79 Å². The second kappa shape index (κ2) is 15.3. The first-order chi connectivity index (χ1) is 12.7. The fourth-order valence-electron chi connectivity index (χ4n) is 1.93. The maximum atomic E-state index is 11.7. The van der Waals surface area contributed by atoms with Crippen LogP contribution in [0.5, 0.6) is 5.75 Å². The molecule has 1 aromatic rings. The quantitative estimate of drug-likeness (QED) is 0.319. The van der Waals surface area contributed by atoms with E-state index >= 15 is 0 Å². The first-order valence-corrected chi connectivity index (χ1v) is 8.90. The van der Waals surface area contributed by atoms with Crippen LogP contribution >= 0.6 is 0 Å². The van der Waals surface area contributed by atoms with Crippen molar-refractivity contribution >= 4 is 12.0 Å². The molecule has 0 aliphatic carbocycles. The van der Waals surface area contributed by atoms with E-state index in [0.717, 1.165) is 18.4 Å². The van der Waals surface area contributed by atoms with Gasteiger partial charge in [-0.2, -0.15) is 0 Å². The first kappa shape index (κ1) is 22.1. The van der Waals surface area contributed by atoms with Crippen LogP contribution in [-0.4, -0.2) is 63.7 Å². The van der Waals surface area contributed by atoms with Crippen molar-refractivity contribution in [2.24, 2.45) is 5.73 Å². The van der Waals surface area contributed by atoms with Crippen LogP contribution in [0.15, 0.2) is 30.3 Å². The SMILES string of the molecule is NCCCOCCOCCOCCCNC(=O)/C=C/c1ccc(O)cc1. The molecule has 0 aliphatic heterocycles. The summed E-state index contributed by atoms with van der Waals surface area (Å²) in [5.74, 6) is 0.0453. The second-order valence-corrected chi connectivity index (χ2v) is 5.55. The highest BCUT2D eigenvalue weighted by Gasteiger charge is 1.96. The van der Waals surface area contributed by atoms with Crippen molar-refractivity contribution in [3.63, 3.8) is 0 Å². The number of nitrogens with one attached hydrogen (secondary N) is 1. The van der Waals surface area contributed by atoms with Crippen LogP contribution in [0.25, 0.3) is 6.08 Å². The van der Waals surface area contributed by atoms with Crippen LogP contribution in [0.2, 0.25) is 0 Å². The van der Waals surface area contributed by atoms with Crippen LogP contribution in [-0.2, 0) is 19.0 Å². The van der Waals surface area contributed by atoms with Gasteiger partial charge < -0.3 is 30.4 Å². The zero-order valence-electron chi connectivity index (χ0n) is 15.2. The number of nitrogens with two attached hydrogens (primary N) is 1. The molecule has 1 aromatic carbocycles. The van der Waals surface area contributed by atoms with E-state index in [0.29, 0.717) is 52.7 Å². The Hall–Kier alpha value is -1.93. The van der Waals surface area contributed by atoms with E-state index in [4.69, 9.17) is 19.9 Å². The predicted molar refractivity (Wildman–Crippen MR) is 101 cm³/mol. The molecule has 0 saturated carbocycles. The zero-order chi connectivity index (χ0) is 18.9. The Kier molecular flexibility index (Phi) is 13.0. The Morgan fingerprint density at radius 3 is 2.15 bits per heavy atom. The maximum absolute atomic E-state index is 11.7. The van der Waals surface area contributed by atoms with Gasteiger partial charge in [-0.25, -0.2) is 0 Å². The second-order valence-electron chi connectivity index (χ2n) is 5.55. The minimum atomic E-state index is -0.156. The molecule has 0 aromatic heterocycles. The van der Waals surface area contributed by atoms with Gasteiger partial charge in [-0.05, 0) is 43.2 Å². The van der Waals surface area contributed by atoms with E-state index in [2.05, 4.69) is 5.32 Å². The number of benzene rings is 1. The van der Waals surface area contributed by atoms with Crippen molar-refractivity contribution in [3.8, 4) is 5.75 Å². The molecule has 0 heterocycles. The van der Waals surface area contributed by atoms with Gasteiger partial charge in [0.05, 0.1) is 26.4 Å². The molecule has 0 saturated heterocycles. The summed E-state index contributed by atoms with van der Waals surface area (Å²) in [7, 11) is 0. The summed E-state index contributed by atoms with van der Waals surface area (Å²) < 4.78 is 16.1. The lowest BCUT2D eigenvalue weighted by Crippen LogP contribution is -2.23. The highest BCUT2D eigenvalue weighted by atomic mass is 16.5. The average molecular weight is 366 g/mol. The van der Waals surface area contributed by atoms with Crippen molar-refractivity contribution in [3.05, 3.63) is 35.9 Å². The predicted octanol–water partition coefficient (Wildman–Crippen LogP) is 1.31. The highest BCUT2D eigenvalue weighted by Crippen LogP contribution is 2.10. The minimum Gasteiger partial charge on any atom is -0.508 e. The lowest BCUT2D eigenvalue weighted by atomic mass is 10.2. The van der Waals surface area contributed by atoms with E-state index in [9.17, 15) is 9.90 Å². The van der Waals surface area contributed by atoms with E-state index in [1.54, 1.807) is 30.3 Å². The standard InChI is InChI=1S/C19H30N2O5/c20-9-1-11-24-13-15-26-16-14-25-12-2-10-21-19(23)8-5-17-3-6-18(22)7-4-17/h3-8,22H,1-2,9-16,20H2,(H,21,23)/b8-5+. The number of aromatic hydroxyl groups is 1. The molecule has 0 fully saturated rings. The van der Waals surface area contributed by atoms with Gasteiger partial charge >= 0.3 is 0 Å². The largest absolute Gasteiger partial charge is 0.508 e. The zero-order valence-corrected chi connectivity index (χ0v) is 15.2. The number of phenolic OH excluding ortho intramolecular Hbond substituents is 1. The third-order valence-electron chi connectivity index (χ3n) is 3.32. The Morgan fingerprint density at radius 1 is 0.962 bits per heavy atom. The molecular weight excluding hydrogens is 336 g/mol. The summed E-state index contributed by atoms with van der Waals surface area (Å²) in [6.07, 6.45) is 4.77. The number of hydrogen-bond donors (Lipinski definition) is 3. The summed E-state index contributed by atoms with van der Waals surface area (Å²) in [6.45, 7) is 4.61. The molecule has 1 amide bonds. The van der Waals surface area contributed by atoms with Crippen molar-refractivity contribution < 1.29 is 24.1 Å². The fourth-order valence-corrected chi connectivity index (χ4v) is 1.93. The normalized spacial score (nSPS) is 11.1. The molecule has 0 radical (unpaired) electrons. The van der Waals surface area contributed by atoms with Gasteiger partial charge in [-0.15, -0.1) is 0 Å². The number of hydrogen-bond acceptors (Lipinski definition) is 6. The Morgan fingerprint density at radius 2 is 1.54 bits per heavy atom. The fraction of sp³-hybridized carbons (Fsp3) is 0.526. The smallest absolute Gasteiger partial charge is 0.244 e. The number of phenols is 1. The van der Waals surface area contributed by atoms with E-state index in [1.807, 2.05) is 0 Å². The van der Waals surface area contributed by atoms with Crippen LogP contribution in [0.1, 0.15) is 18.4 Å². The minimum absolute atomic E-state index is 0.156. The molecule has 1 rings (SSSR count). The van der Waals surface area contributed by atoms with Gasteiger partial charge in [0.1, 0.15) is 5.75 Å². The molecule has 7 heteroatoms. The van der Waals surface area contributed by atoms with Crippen LogP contribution in [0.3, 0.4) is 0 Å². The maximum Gasteiger partial charge on any atom is 0.244 e. The average Bonchev–Trinajstić information content (AvgIpc) is 2.65. The third-order valence-corrected chi connectivity index (χ3v) is 3.32. The van der Waals surface area contributed by atoms with Crippen LogP contribution in [0.4, 0.5) is 0 Å². The monoisotopic (exact) mass is 366 g/mol. The Labute approximate surface area is 155 Å². The van der Waals surface area contributed by atoms with E-state index < -0.39 is 0 Å². The van der Waals surface area contributed by atoms with E-state index in [1.165, 1.54) is 6.08 Å². The highest BCUT2D eigenvalue weighted by molar-refractivity contribution is 5.91. The third kappa shape index (κ3) is 12.4.